The summed E-state index contributed by atoms with van der Waals surface area (Å²) >= 11 is 0. The Hall–Kier alpha value is -0.120. The molecule has 2 saturated carbocycles. The third kappa shape index (κ3) is 2.96. The van der Waals surface area contributed by atoms with Gasteiger partial charge in [0.15, 0.2) is 0 Å². The number of nitrogens with two attached hydrogens (primary N) is 1. The number of methoxy groups -OCH3 is 1. The molecule has 0 aromatic rings. The Kier molecular flexibility index (Phi) is 4.22. The summed E-state index contributed by atoms with van der Waals surface area (Å²) in [4.78, 5) is 2.63. The molecule has 2 aliphatic carbocycles. The van der Waals surface area contributed by atoms with E-state index >= 15 is 0 Å². The summed E-state index contributed by atoms with van der Waals surface area (Å²) < 4.78 is 5.21. The summed E-state index contributed by atoms with van der Waals surface area (Å²) in [5.74, 6) is 0. The van der Waals surface area contributed by atoms with E-state index in [1.165, 1.54) is 45.1 Å². The first-order valence-corrected chi connectivity index (χ1v) is 6.73. The normalized spacial score (nSPS) is 24.2. The fraction of sp³-hybridized carbons (Fsp3) is 1.00. The van der Waals surface area contributed by atoms with Crippen LogP contribution < -0.4 is 5.73 Å². The molecule has 0 saturated heterocycles. The van der Waals surface area contributed by atoms with Crippen molar-refractivity contribution >= 4 is 0 Å². The number of ether oxygens (including phenoxy) is 1. The molecule has 16 heavy (non-hydrogen) atoms. The van der Waals surface area contributed by atoms with Gasteiger partial charge in [-0.1, -0.05) is 12.8 Å². The molecule has 0 aromatic heterocycles. The maximum Gasteiger partial charge on any atom is 0.0589 e. The summed E-state index contributed by atoms with van der Waals surface area (Å²) in [6, 6.07) is 0.833. The molecule has 0 amide bonds. The van der Waals surface area contributed by atoms with Gasteiger partial charge >= 0.3 is 0 Å². The molecule has 2 N–H and O–H groups in total. The highest BCUT2D eigenvalue weighted by molar-refractivity contribution is 4.93. The van der Waals surface area contributed by atoms with Crippen molar-refractivity contribution in [2.45, 2.75) is 44.6 Å². The largest absolute Gasteiger partial charge is 0.383 e. The first-order valence-electron chi connectivity index (χ1n) is 6.73. The van der Waals surface area contributed by atoms with Gasteiger partial charge in [0, 0.05) is 26.2 Å². The summed E-state index contributed by atoms with van der Waals surface area (Å²) in [7, 11) is 1.79. The van der Waals surface area contributed by atoms with Crippen molar-refractivity contribution in [2.24, 2.45) is 11.1 Å². The lowest BCUT2D eigenvalue weighted by Crippen LogP contribution is -2.43. The molecule has 0 radical (unpaired) electrons. The first kappa shape index (κ1) is 12.3. The van der Waals surface area contributed by atoms with Gasteiger partial charge in [-0.05, 0) is 37.6 Å². The summed E-state index contributed by atoms with van der Waals surface area (Å²) in [6.45, 7) is 4.01. The predicted octanol–water partition coefficient (Wildman–Crippen LogP) is 1.62. The van der Waals surface area contributed by atoms with E-state index in [-0.39, 0.29) is 0 Å². The van der Waals surface area contributed by atoms with Gasteiger partial charge in [-0.2, -0.15) is 0 Å². The average molecular weight is 226 g/mol. The molecule has 0 aromatic carbocycles. The molecular weight excluding hydrogens is 200 g/mol. The second-order valence-electron chi connectivity index (χ2n) is 5.61. The quantitative estimate of drug-likeness (QED) is 0.717. The van der Waals surface area contributed by atoms with E-state index in [0.29, 0.717) is 5.41 Å². The van der Waals surface area contributed by atoms with Crippen LogP contribution in [0.5, 0.6) is 0 Å². The lowest BCUT2D eigenvalue weighted by atomic mass is 9.85. The van der Waals surface area contributed by atoms with Crippen LogP contribution >= 0.6 is 0 Å². The zero-order valence-corrected chi connectivity index (χ0v) is 10.6. The van der Waals surface area contributed by atoms with E-state index in [2.05, 4.69) is 4.90 Å². The highest BCUT2D eigenvalue weighted by Gasteiger charge is 2.38. The van der Waals surface area contributed by atoms with Crippen LogP contribution in [0.1, 0.15) is 38.5 Å². The maximum atomic E-state index is 6.01. The molecule has 0 aliphatic heterocycles. The molecule has 2 aliphatic rings. The Bertz CT molecular complexity index is 210. The monoisotopic (exact) mass is 226 g/mol. The van der Waals surface area contributed by atoms with Crippen molar-refractivity contribution in [3.05, 3.63) is 0 Å². The van der Waals surface area contributed by atoms with Crippen molar-refractivity contribution in [1.29, 1.82) is 0 Å². The lowest BCUT2D eigenvalue weighted by Gasteiger charge is -2.34. The molecule has 0 unspecified atom stereocenters. The molecule has 94 valence electrons. The average Bonchev–Trinajstić information content (AvgIpc) is 3.05. The number of rotatable bonds is 7. The van der Waals surface area contributed by atoms with Crippen molar-refractivity contribution in [3.8, 4) is 0 Å². The fourth-order valence-corrected chi connectivity index (χ4v) is 3.02. The Balaban J connectivity index is 1.87. The van der Waals surface area contributed by atoms with E-state index in [1.54, 1.807) is 7.11 Å². The summed E-state index contributed by atoms with van der Waals surface area (Å²) in [6.07, 6.45) is 8.17. The molecule has 0 spiro atoms. The van der Waals surface area contributed by atoms with Crippen LogP contribution in [0, 0.1) is 5.41 Å². The molecule has 3 heteroatoms. The van der Waals surface area contributed by atoms with Gasteiger partial charge < -0.3 is 10.5 Å². The Morgan fingerprint density at radius 3 is 2.50 bits per heavy atom. The Labute approximate surface area is 99.3 Å². The minimum atomic E-state index is 0.427. The Morgan fingerprint density at radius 2 is 2.00 bits per heavy atom. The summed E-state index contributed by atoms with van der Waals surface area (Å²) in [5, 5.41) is 0. The molecule has 0 bridgehead atoms. The van der Waals surface area contributed by atoms with E-state index in [0.717, 1.165) is 25.7 Å². The van der Waals surface area contributed by atoms with Gasteiger partial charge in [-0.15, -0.1) is 0 Å². The SMILES string of the molecule is COCCN(CC1(CN)CCCC1)C1CC1. The predicted molar refractivity (Wildman–Crippen MR) is 66.4 cm³/mol. The van der Waals surface area contributed by atoms with E-state index in [9.17, 15) is 0 Å². The van der Waals surface area contributed by atoms with Crippen molar-refractivity contribution in [2.75, 3.05) is 33.4 Å². The van der Waals surface area contributed by atoms with Crippen LogP contribution in [-0.4, -0.2) is 44.3 Å². The molecule has 0 atom stereocenters. The van der Waals surface area contributed by atoms with Gasteiger partial charge in [0.1, 0.15) is 0 Å². The first-order chi connectivity index (χ1) is 7.79. The topological polar surface area (TPSA) is 38.5 Å². The maximum absolute atomic E-state index is 6.01. The van der Waals surface area contributed by atoms with E-state index in [1.807, 2.05) is 0 Å². The minimum absolute atomic E-state index is 0.427. The third-order valence-electron chi connectivity index (χ3n) is 4.28. The molecule has 3 nitrogen and oxygen atoms in total. The summed E-state index contributed by atoms with van der Waals surface area (Å²) in [5.41, 5.74) is 6.44. The molecule has 2 rings (SSSR count). The van der Waals surface area contributed by atoms with Gasteiger partial charge in [0.05, 0.1) is 6.61 Å². The number of hydrogen-bond acceptors (Lipinski definition) is 3. The van der Waals surface area contributed by atoms with Crippen LogP contribution in [0.15, 0.2) is 0 Å². The lowest BCUT2D eigenvalue weighted by molar-refractivity contribution is 0.104. The van der Waals surface area contributed by atoms with Crippen molar-refractivity contribution in [1.82, 2.24) is 4.90 Å². The van der Waals surface area contributed by atoms with Crippen molar-refractivity contribution in [3.63, 3.8) is 0 Å². The second kappa shape index (κ2) is 5.48. The highest BCUT2D eigenvalue weighted by atomic mass is 16.5. The van der Waals surface area contributed by atoms with Crippen LogP contribution in [0.2, 0.25) is 0 Å². The van der Waals surface area contributed by atoms with E-state index < -0.39 is 0 Å². The zero-order chi connectivity index (χ0) is 11.4. The van der Waals surface area contributed by atoms with Crippen LogP contribution in [0.25, 0.3) is 0 Å². The number of hydrogen-bond donors (Lipinski definition) is 1. The Morgan fingerprint density at radius 1 is 1.31 bits per heavy atom. The van der Waals surface area contributed by atoms with Gasteiger partial charge in [-0.3, -0.25) is 4.90 Å². The highest BCUT2D eigenvalue weighted by Crippen LogP contribution is 2.40. The van der Waals surface area contributed by atoms with Gasteiger partial charge in [0.25, 0.3) is 0 Å². The minimum Gasteiger partial charge on any atom is -0.383 e. The van der Waals surface area contributed by atoms with Crippen molar-refractivity contribution < 1.29 is 4.74 Å². The molecular formula is C13H26N2O. The number of nitrogens with zero attached hydrogens (tertiary/aromatic N) is 1. The van der Waals surface area contributed by atoms with Gasteiger partial charge in [0.2, 0.25) is 0 Å². The molecule has 0 heterocycles. The van der Waals surface area contributed by atoms with Crippen LogP contribution in [-0.2, 0) is 4.74 Å². The van der Waals surface area contributed by atoms with Crippen LogP contribution in [0.3, 0.4) is 0 Å². The van der Waals surface area contributed by atoms with Gasteiger partial charge in [-0.25, -0.2) is 0 Å². The second-order valence-corrected chi connectivity index (χ2v) is 5.61. The smallest absolute Gasteiger partial charge is 0.0589 e. The standard InChI is InChI=1S/C13H26N2O/c1-16-9-8-15(12-4-5-12)11-13(10-14)6-2-3-7-13/h12H,2-11,14H2,1H3. The molecule has 2 fully saturated rings. The van der Waals surface area contributed by atoms with E-state index in [4.69, 9.17) is 10.5 Å². The van der Waals surface area contributed by atoms with Crippen LogP contribution in [0.4, 0.5) is 0 Å². The zero-order valence-electron chi connectivity index (χ0n) is 10.6. The third-order valence-corrected chi connectivity index (χ3v) is 4.28. The fourth-order valence-electron chi connectivity index (χ4n) is 3.02.